The van der Waals surface area contributed by atoms with Crippen molar-refractivity contribution in [2.75, 3.05) is 20.3 Å². The molecule has 0 bridgehead atoms. The van der Waals surface area contributed by atoms with Crippen LogP contribution in [0.2, 0.25) is 0 Å². The highest BCUT2D eigenvalue weighted by Gasteiger charge is 2.39. The largest absolute Gasteiger partial charge is 0.380 e. The van der Waals surface area contributed by atoms with Crippen LogP contribution in [-0.4, -0.2) is 43.3 Å². The average Bonchev–Trinajstić information content (AvgIpc) is 2.92. The molecule has 1 saturated carbocycles. The van der Waals surface area contributed by atoms with Gasteiger partial charge in [-0.3, -0.25) is 4.90 Å². The van der Waals surface area contributed by atoms with Crippen molar-refractivity contribution in [3.8, 4) is 0 Å². The Morgan fingerprint density at radius 2 is 2.00 bits per heavy atom. The van der Waals surface area contributed by atoms with Crippen molar-refractivity contribution < 1.29 is 4.74 Å². The van der Waals surface area contributed by atoms with E-state index in [-0.39, 0.29) is 0 Å². The molecule has 1 heterocycles. The molecule has 4 unspecified atom stereocenters. The Balaban J connectivity index is 2.01. The Bertz CT molecular complexity index is 286. The molecular formula is C16H32N2O. The van der Waals surface area contributed by atoms with Gasteiger partial charge in [-0.2, -0.15) is 0 Å². The standard InChI is InChI=1S/C16H32N2O/c1-5-16(2,3)12-6-7-14(17)15(10-12)18(4)13-8-9-19-11-13/h12-15H,5-11,17H2,1-4H3. The van der Waals surface area contributed by atoms with Gasteiger partial charge in [0.05, 0.1) is 6.61 Å². The molecule has 1 aliphatic heterocycles. The third-order valence-electron chi connectivity index (χ3n) is 5.89. The number of nitrogens with two attached hydrogens (primary N) is 1. The molecule has 112 valence electrons. The van der Waals surface area contributed by atoms with Crippen molar-refractivity contribution in [3.05, 3.63) is 0 Å². The van der Waals surface area contributed by atoms with E-state index in [9.17, 15) is 0 Å². The van der Waals surface area contributed by atoms with Crippen LogP contribution in [0.25, 0.3) is 0 Å². The van der Waals surface area contributed by atoms with Gasteiger partial charge in [-0.05, 0) is 44.1 Å². The molecule has 0 aromatic heterocycles. The van der Waals surface area contributed by atoms with Gasteiger partial charge in [0.25, 0.3) is 0 Å². The van der Waals surface area contributed by atoms with Gasteiger partial charge in [-0.1, -0.05) is 27.2 Å². The van der Waals surface area contributed by atoms with E-state index >= 15 is 0 Å². The molecule has 1 aliphatic carbocycles. The summed E-state index contributed by atoms with van der Waals surface area (Å²) in [5.74, 6) is 0.812. The van der Waals surface area contributed by atoms with Crippen molar-refractivity contribution >= 4 is 0 Å². The van der Waals surface area contributed by atoms with Crippen molar-refractivity contribution in [1.82, 2.24) is 4.90 Å². The highest BCUT2D eigenvalue weighted by Crippen LogP contribution is 2.41. The van der Waals surface area contributed by atoms with Crippen molar-refractivity contribution in [2.24, 2.45) is 17.1 Å². The van der Waals surface area contributed by atoms with E-state index in [0.29, 0.717) is 23.5 Å². The molecule has 19 heavy (non-hydrogen) atoms. The van der Waals surface area contributed by atoms with Crippen LogP contribution in [0.15, 0.2) is 0 Å². The molecule has 0 aromatic rings. The molecule has 3 nitrogen and oxygen atoms in total. The Kier molecular flexibility index (Phi) is 4.91. The summed E-state index contributed by atoms with van der Waals surface area (Å²) in [6.07, 6.45) is 6.16. The van der Waals surface area contributed by atoms with E-state index in [4.69, 9.17) is 10.5 Å². The Hall–Kier alpha value is -0.120. The SMILES string of the molecule is CCC(C)(C)C1CCC(N)C(N(C)C2CCOC2)C1. The van der Waals surface area contributed by atoms with E-state index in [1.807, 2.05) is 0 Å². The number of likely N-dealkylation sites (N-methyl/N-ethyl adjacent to an activating group) is 1. The van der Waals surface area contributed by atoms with Crippen molar-refractivity contribution in [3.63, 3.8) is 0 Å². The number of ether oxygens (including phenoxy) is 1. The smallest absolute Gasteiger partial charge is 0.0622 e. The molecule has 4 atom stereocenters. The maximum absolute atomic E-state index is 6.41. The second-order valence-corrected chi connectivity index (χ2v) is 7.27. The molecule has 2 rings (SSSR count). The summed E-state index contributed by atoms with van der Waals surface area (Å²) in [4.78, 5) is 2.52. The van der Waals surface area contributed by atoms with Crippen LogP contribution >= 0.6 is 0 Å². The van der Waals surface area contributed by atoms with Crippen LogP contribution in [0, 0.1) is 11.3 Å². The van der Waals surface area contributed by atoms with Gasteiger partial charge in [0, 0.05) is 24.7 Å². The van der Waals surface area contributed by atoms with Crippen LogP contribution in [-0.2, 0) is 4.74 Å². The van der Waals surface area contributed by atoms with Gasteiger partial charge >= 0.3 is 0 Å². The van der Waals surface area contributed by atoms with Crippen LogP contribution in [0.4, 0.5) is 0 Å². The second-order valence-electron chi connectivity index (χ2n) is 7.27. The minimum atomic E-state index is 0.342. The van der Waals surface area contributed by atoms with Gasteiger partial charge in [0.1, 0.15) is 0 Å². The van der Waals surface area contributed by atoms with Gasteiger partial charge in [0.2, 0.25) is 0 Å². The first-order valence-corrected chi connectivity index (χ1v) is 8.01. The zero-order valence-corrected chi connectivity index (χ0v) is 13.2. The van der Waals surface area contributed by atoms with Crippen LogP contribution in [0.3, 0.4) is 0 Å². The zero-order chi connectivity index (χ0) is 14.0. The minimum Gasteiger partial charge on any atom is -0.380 e. The van der Waals surface area contributed by atoms with E-state index in [2.05, 4.69) is 32.7 Å². The molecule has 1 saturated heterocycles. The Morgan fingerprint density at radius 3 is 2.58 bits per heavy atom. The van der Waals surface area contributed by atoms with E-state index in [0.717, 1.165) is 19.1 Å². The van der Waals surface area contributed by atoms with E-state index in [1.165, 1.54) is 32.1 Å². The molecule has 0 spiro atoms. The lowest BCUT2D eigenvalue weighted by molar-refractivity contribution is 0.0477. The van der Waals surface area contributed by atoms with Gasteiger partial charge < -0.3 is 10.5 Å². The van der Waals surface area contributed by atoms with Crippen molar-refractivity contribution in [1.29, 1.82) is 0 Å². The lowest BCUT2D eigenvalue weighted by Gasteiger charge is -2.46. The number of hydrogen-bond acceptors (Lipinski definition) is 3. The molecule has 0 radical (unpaired) electrons. The van der Waals surface area contributed by atoms with Crippen LogP contribution < -0.4 is 5.73 Å². The molecule has 2 fully saturated rings. The lowest BCUT2D eigenvalue weighted by Crippen LogP contribution is -2.54. The third kappa shape index (κ3) is 3.32. The summed E-state index contributed by atoms with van der Waals surface area (Å²) in [5, 5.41) is 0. The monoisotopic (exact) mass is 268 g/mol. The maximum Gasteiger partial charge on any atom is 0.0622 e. The molecule has 2 N–H and O–H groups in total. The first kappa shape index (κ1) is 15.3. The fraction of sp³-hybridized carbons (Fsp3) is 1.00. The van der Waals surface area contributed by atoms with Gasteiger partial charge in [-0.15, -0.1) is 0 Å². The first-order chi connectivity index (χ1) is 8.95. The molecular weight excluding hydrogens is 236 g/mol. The summed E-state index contributed by atoms with van der Waals surface area (Å²) in [6.45, 7) is 8.97. The summed E-state index contributed by atoms with van der Waals surface area (Å²) >= 11 is 0. The fourth-order valence-electron chi connectivity index (χ4n) is 3.75. The predicted octanol–water partition coefficient (Wildman–Crippen LogP) is 2.64. The van der Waals surface area contributed by atoms with Crippen LogP contribution in [0.1, 0.15) is 52.9 Å². The summed E-state index contributed by atoms with van der Waals surface area (Å²) in [7, 11) is 2.26. The normalized spacial score (nSPS) is 36.9. The van der Waals surface area contributed by atoms with Crippen LogP contribution in [0.5, 0.6) is 0 Å². The summed E-state index contributed by atoms with van der Waals surface area (Å²) in [5.41, 5.74) is 6.86. The molecule has 3 heteroatoms. The lowest BCUT2D eigenvalue weighted by atomic mass is 9.67. The number of rotatable bonds is 4. The highest BCUT2D eigenvalue weighted by atomic mass is 16.5. The average molecular weight is 268 g/mol. The topological polar surface area (TPSA) is 38.5 Å². The summed E-state index contributed by atoms with van der Waals surface area (Å²) < 4.78 is 5.54. The second kappa shape index (κ2) is 6.11. The number of nitrogens with zero attached hydrogens (tertiary/aromatic N) is 1. The van der Waals surface area contributed by atoms with Crippen molar-refractivity contribution in [2.45, 2.75) is 71.0 Å². The molecule has 2 aliphatic rings. The van der Waals surface area contributed by atoms with Gasteiger partial charge in [-0.25, -0.2) is 0 Å². The number of hydrogen-bond donors (Lipinski definition) is 1. The zero-order valence-electron chi connectivity index (χ0n) is 13.2. The molecule has 0 aromatic carbocycles. The Morgan fingerprint density at radius 1 is 1.26 bits per heavy atom. The fourth-order valence-corrected chi connectivity index (χ4v) is 3.75. The highest BCUT2D eigenvalue weighted by molar-refractivity contribution is 4.94. The predicted molar refractivity (Wildman–Crippen MR) is 80.2 cm³/mol. The summed E-state index contributed by atoms with van der Waals surface area (Å²) in [6, 6.07) is 1.46. The maximum atomic E-state index is 6.41. The van der Waals surface area contributed by atoms with Gasteiger partial charge in [0.15, 0.2) is 0 Å². The third-order valence-corrected chi connectivity index (χ3v) is 5.89. The quantitative estimate of drug-likeness (QED) is 0.852. The minimum absolute atomic E-state index is 0.342. The van der Waals surface area contributed by atoms with E-state index in [1.54, 1.807) is 0 Å². The first-order valence-electron chi connectivity index (χ1n) is 8.01. The Labute approximate surface area is 118 Å². The molecule has 0 amide bonds. The van der Waals surface area contributed by atoms with E-state index < -0.39 is 0 Å².